The van der Waals surface area contributed by atoms with Gasteiger partial charge in [0.15, 0.2) is 0 Å². The molecule has 27 heavy (non-hydrogen) atoms. The van der Waals surface area contributed by atoms with Crippen LogP contribution >= 0.6 is 0 Å². The summed E-state index contributed by atoms with van der Waals surface area (Å²) in [6.07, 6.45) is 2.47. The van der Waals surface area contributed by atoms with Crippen LogP contribution in [0.15, 0.2) is 48.5 Å². The van der Waals surface area contributed by atoms with E-state index >= 15 is 0 Å². The van der Waals surface area contributed by atoms with Gasteiger partial charge in [0.25, 0.3) is 5.91 Å². The maximum atomic E-state index is 12.5. The third-order valence-electron chi connectivity index (χ3n) is 4.93. The van der Waals surface area contributed by atoms with Crippen LogP contribution in [-0.4, -0.2) is 39.3 Å². The maximum absolute atomic E-state index is 12.5. The second-order valence-corrected chi connectivity index (χ2v) is 7.04. The molecule has 5 nitrogen and oxygen atoms in total. The zero-order valence-electron chi connectivity index (χ0n) is 16.1. The first-order valence-electron chi connectivity index (χ1n) is 9.54. The van der Waals surface area contributed by atoms with Crippen molar-refractivity contribution in [1.29, 1.82) is 0 Å². The Balaban J connectivity index is 1.58. The number of amides is 1. The van der Waals surface area contributed by atoms with Crippen LogP contribution in [0, 0.1) is 5.92 Å². The fourth-order valence-electron chi connectivity index (χ4n) is 3.20. The summed E-state index contributed by atoms with van der Waals surface area (Å²) in [6.45, 7) is 5.48. The average Bonchev–Trinajstić information content (AvgIpc) is 2.70. The number of anilines is 2. The predicted octanol–water partition coefficient (Wildman–Crippen LogP) is 4.20. The minimum atomic E-state index is -0.147. The molecule has 0 spiro atoms. The summed E-state index contributed by atoms with van der Waals surface area (Å²) in [5.74, 6) is 1.33. The predicted molar refractivity (Wildman–Crippen MR) is 109 cm³/mol. The van der Waals surface area contributed by atoms with Crippen molar-refractivity contribution in [2.45, 2.75) is 19.8 Å². The van der Waals surface area contributed by atoms with Crippen molar-refractivity contribution in [1.82, 2.24) is 0 Å². The van der Waals surface area contributed by atoms with Crippen LogP contribution in [-0.2, 0) is 4.74 Å². The normalized spacial score (nSPS) is 14.8. The number of carbonyl (C=O) groups excluding carboxylic acids is 1. The number of benzene rings is 2. The Bertz CT molecular complexity index is 737. The van der Waals surface area contributed by atoms with Gasteiger partial charge in [0.05, 0.1) is 6.61 Å². The molecule has 0 atom stereocenters. The number of hydrogen-bond donors (Lipinski definition) is 1. The van der Waals surface area contributed by atoms with Gasteiger partial charge in [-0.2, -0.15) is 0 Å². The van der Waals surface area contributed by atoms with Gasteiger partial charge in [-0.3, -0.25) is 4.79 Å². The number of nitrogens with one attached hydrogen (secondary N) is 1. The highest BCUT2D eigenvalue weighted by molar-refractivity contribution is 6.04. The van der Waals surface area contributed by atoms with Gasteiger partial charge < -0.3 is 19.7 Å². The van der Waals surface area contributed by atoms with E-state index in [4.69, 9.17) is 9.47 Å². The molecular formula is C22H28N2O3. The second-order valence-electron chi connectivity index (χ2n) is 7.04. The maximum Gasteiger partial charge on any atom is 0.255 e. The molecule has 3 rings (SSSR count). The highest BCUT2D eigenvalue weighted by atomic mass is 16.5. The summed E-state index contributed by atoms with van der Waals surface area (Å²) in [6, 6.07) is 15.3. The number of carbonyl (C=O) groups is 1. The first-order valence-corrected chi connectivity index (χ1v) is 9.54. The van der Waals surface area contributed by atoms with Crippen molar-refractivity contribution >= 4 is 17.3 Å². The van der Waals surface area contributed by atoms with Gasteiger partial charge in [0.1, 0.15) is 12.4 Å². The van der Waals surface area contributed by atoms with E-state index in [1.54, 1.807) is 19.2 Å². The standard InChI is InChI=1S/C22H28N2O3/c1-17-10-12-24(13-11-17)20-8-6-19(7-9-20)23-22(25)18-4-3-5-21(16-18)27-15-14-26-2/h3-9,16-17H,10-15H2,1-2H3,(H,23,25). The number of nitrogens with zero attached hydrogens (tertiary/aromatic N) is 1. The fraction of sp³-hybridized carbons (Fsp3) is 0.409. The summed E-state index contributed by atoms with van der Waals surface area (Å²) in [5, 5.41) is 2.95. The molecule has 1 N–H and O–H groups in total. The van der Waals surface area contributed by atoms with Crippen molar-refractivity contribution in [3.63, 3.8) is 0 Å². The SMILES string of the molecule is COCCOc1cccc(C(=O)Nc2ccc(N3CCC(C)CC3)cc2)c1. The molecule has 1 heterocycles. The van der Waals surface area contributed by atoms with Gasteiger partial charge in [-0.15, -0.1) is 0 Å². The van der Waals surface area contributed by atoms with Gasteiger partial charge in [-0.05, 0) is 61.2 Å². The van der Waals surface area contributed by atoms with Crippen LogP contribution in [0.25, 0.3) is 0 Å². The van der Waals surface area contributed by atoms with Crippen LogP contribution < -0.4 is 15.0 Å². The largest absolute Gasteiger partial charge is 0.491 e. The van der Waals surface area contributed by atoms with E-state index in [0.717, 1.165) is 24.7 Å². The Hall–Kier alpha value is -2.53. The van der Waals surface area contributed by atoms with Gasteiger partial charge in [0, 0.05) is 37.1 Å². The Morgan fingerprint density at radius 2 is 1.85 bits per heavy atom. The van der Waals surface area contributed by atoms with E-state index in [2.05, 4.69) is 29.3 Å². The molecule has 2 aromatic carbocycles. The first kappa shape index (κ1) is 19.2. The van der Waals surface area contributed by atoms with Gasteiger partial charge in [0.2, 0.25) is 0 Å². The molecule has 1 aliphatic rings. The fourth-order valence-corrected chi connectivity index (χ4v) is 3.20. The highest BCUT2D eigenvalue weighted by Crippen LogP contribution is 2.24. The van der Waals surface area contributed by atoms with Crippen molar-refractivity contribution in [2.75, 3.05) is 43.6 Å². The Morgan fingerprint density at radius 1 is 1.11 bits per heavy atom. The Kier molecular flexibility index (Phi) is 6.71. The minimum Gasteiger partial charge on any atom is -0.491 e. The zero-order chi connectivity index (χ0) is 19.1. The van der Waals surface area contributed by atoms with Crippen molar-refractivity contribution in [3.8, 4) is 5.75 Å². The molecular weight excluding hydrogens is 340 g/mol. The molecule has 0 aromatic heterocycles. The van der Waals surface area contributed by atoms with E-state index in [9.17, 15) is 4.79 Å². The number of hydrogen-bond acceptors (Lipinski definition) is 4. The smallest absolute Gasteiger partial charge is 0.255 e. The third-order valence-corrected chi connectivity index (χ3v) is 4.93. The van der Waals surface area contributed by atoms with Crippen LogP contribution in [0.2, 0.25) is 0 Å². The molecule has 1 aliphatic heterocycles. The molecule has 0 aliphatic carbocycles. The topological polar surface area (TPSA) is 50.8 Å². The molecule has 5 heteroatoms. The zero-order valence-corrected chi connectivity index (χ0v) is 16.1. The monoisotopic (exact) mass is 368 g/mol. The van der Waals surface area contributed by atoms with Crippen LogP contribution in [0.3, 0.4) is 0 Å². The van der Waals surface area contributed by atoms with Crippen LogP contribution in [0.4, 0.5) is 11.4 Å². The highest BCUT2D eigenvalue weighted by Gasteiger charge is 2.16. The summed E-state index contributed by atoms with van der Waals surface area (Å²) in [7, 11) is 1.63. The van der Waals surface area contributed by atoms with Crippen LogP contribution in [0.1, 0.15) is 30.1 Å². The number of rotatable bonds is 7. The quantitative estimate of drug-likeness (QED) is 0.744. The molecule has 0 bridgehead atoms. The molecule has 2 aromatic rings. The van der Waals surface area contributed by atoms with Crippen LogP contribution in [0.5, 0.6) is 5.75 Å². The number of methoxy groups -OCH3 is 1. The summed E-state index contributed by atoms with van der Waals surface area (Å²) in [5.41, 5.74) is 2.58. The second kappa shape index (κ2) is 9.42. The minimum absolute atomic E-state index is 0.147. The third kappa shape index (κ3) is 5.47. The van der Waals surface area contributed by atoms with Gasteiger partial charge >= 0.3 is 0 Å². The van der Waals surface area contributed by atoms with E-state index in [0.29, 0.717) is 24.5 Å². The number of ether oxygens (including phenoxy) is 2. The molecule has 0 radical (unpaired) electrons. The molecule has 144 valence electrons. The van der Waals surface area contributed by atoms with Gasteiger partial charge in [-0.1, -0.05) is 13.0 Å². The van der Waals surface area contributed by atoms with E-state index in [-0.39, 0.29) is 5.91 Å². The molecule has 0 saturated carbocycles. The Labute approximate surface area is 161 Å². The first-order chi connectivity index (χ1) is 13.2. The van der Waals surface area contributed by atoms with Crippen molar-refractivity contribution in [3.05, 3.63) is 54.1 Å². The van der Waals surface area contributed by atoms with Crippen molar-refractivity contribution in [2.24, 2.45) is 5.92 Å². The lowest BCUT2D eigenvalue weighted by Crippen LogP contribution is -2.32. The molecule has 1 fully saturated rings. The van der Waals surface area contributed by atoms with E-state index in [1.807, 2.05) is 24.3 Å². The lowest BCUT2D eigenvalue weighted by atomic mass is 9.99. The summed E-state index contributed by atoms with van der Waals surface area (Å²) < 4.78 is 10.5. The lowest BCUT2D eigenvalue weighted by Gasteiger charge is -2.32. The van der Waals surface area contributed by atoms with E-state index < -0.39 is 0 Å². The average molecular weight is 368 g/mol. The lowest BCUT2D eigenvalue weighted by molar-refractivity contribution is 0.102. The molecule has 0 unspecified atom stereocenters. The van der Waals surface area contributed by atoms with Gasteiger partial charge in [-0.25, -0.2) is 0 Å². The molecule has 1 saturated heterocycles. The van der Waals surface area contributed by atoms with Crippen molar-refractivity contribution < 1.29 is 14.3 Å². The van der Waals surface area contributed by atoms with E-state index in [1.165, 1.54) is 18.5 Å². The Morgan fingerprint density at radius 3 is 2.56 bits per heavy atom. The number of piperidine rings is 1. The summed E-state index contributed by atoms with van der Waals surface area (Å²) in [4.78, 5) is 14.9. The molecule has 1 amide bonds. The summed E-state index contributed by atoms with van der Waals surface area (Å²) >= 11 is 0.